The van der Waals surface area contributed by atoms with E-state index in [2.05, 4.69) is 20.3 Å². The summed E-state index contributed by atoms with van der Waals surface area (Å²) in [6.07, 6.45) is -2.49. The van der Waals surface area contributed by atoms with Crippen molar-refractivity contribution in [1.29, 1.82) is 0 Å². The molecule has 2 saturated heterocycles. The molecule has 9 rings (SSSR count). The number of carbonyl (C=O) groups is 2. The second-order valence-electron chi connectivity index (χ2n) is 15.0. The van der Waals surface area contributed by atoms with Crippen LogP contribution in [0, 0.1) is 0 Å². The smallest absolute Gasteiger partial charge is 0.472 e. The third kappa shape index (κ3) is 7.01. The van der Waals surface area contributed by atoms with Gasteiger partial charge in [-0.25, -0.2) is 19.1 Å². The van der Waals surface area contributed by atoms with Crippen LogP contribution in [0.4, 0.5) is 11.9 Å². The number of H-pyrrole nitrogens is 1. The maximum absolute atomic E-state index is 13.6. The van der Waals surface area contributed by atoms with Gasteiger partial charge in [-0.2, -0.15) is 4.98 Å². The van der Waals surface area contributed by atoms with E-state index in [4.69, 9.17) is 66.4 Å². The van der Waals surface area contributed by atoms with Crippen molar-refractivity contribution in [3.63, 3.8) is 0 Å². The van der Waals surface area contributed by atoms with Crippen LogP contribution in [0.3, 0.4) is 0 Å². The van der Waals surface area contributed by atoms with Gasteiger partial charge in [0.25, 0.3) is 5.56 Å². The molecule has 4 aliphatic rings. The first-order valence-corrected chi connectivity index (χ1v) is 21.8. The Morgan fingerprint density at radius 1 is 1.02 bits per heavy atom. The van der Waals surface area contributed by atoms with Crippen LogP contribution in [0.25, 0.3) is 11.2 Å². The first kappa shape index (κ1) is 43.4. The monoisotopic (exact) mass is 946 g/mol. The van der Waals surface area contributed by atoms with Gasteiger partial charge in [-0.05, 0) is 49.6 Å². The largest absolute Gasteiger partial charge is 0.503 e. The second kappa shape index (κ2) is 16.3. The predicted octanol–water partition coefficient (Wildman–Crippen LogP) is 4.61. The Bertz CT molecular complexity index is 2810. The number of aromatic nitrogens is 4. The van der Waals surface area contributed by atoms with E-state index in [9.17, 15) is 39.2 Å². The van der Waals surface area contributed by atoms with Gasteiger partial charge in [-0.3, -0.25) is 23.4 Å². The predicted molar refractivity (Wildman–Crippen MR) is 222 cm³/mol. The summed E-state index contributed by atoms with van der Waals surface area (Å²) in [6.45, 7) is 0.0484. The zero-order chi connectivity index (χ0) is 45.4. The number of rotatable bonds is 12. The van der Waals surface area contributed by atoms with Crippen molar-refractivity contribution in [1.82, 2.24) is 19.5 Å². The number of unbranched alkanes of at least 4 members (excludes halogenated alkanes) is 3. The number of aromatic hydroxyl groups is 2. The SMILES string of the molecule is COc1cc2c(c(Cl)c1O)Oc1c(cc(OC)c(O)c1Cl)C21OC(=O)c2ccc(C(=O)OCCCCCCNc3nc4c(=O)[nH]c(N)nc4n3[C@@H]3O[C@@H]4COP(=O)(O)O[C@H]4[C@H]3O)cc21. The van der Waals surface area contributed by atoms with E-state index in [1.165, 1.54) is 49.1 Å². The number of phosphoric acid groups is 1. The number of esters is 2. The Balaban J connectivity index is 0.878. The molecule has 0 radical (unpaired) electrons. The molecule has 3 aromatic carbocycles. The number of anilines is 2. The molecule has 0 aliphatic carbocycles. The third-order valence-corrected chi connectivity index (χ3v) is 12.9. The lowest BCUT2D eigenvalue weighted by molar-refractivity contribution is -0.0659. The quantitative estimate of drug-likeness (QED) is 0.0510. The van der Waals surface area contributed by atoms with E-state index in [0.29, 0.717) is 32.2 Å². The van der Waals surface area contributed by atoms with Gasteiger partial charge >= 0.3 is 19.8 Å². The van der Waals surface area contributed by atoms with E-state index >= 15 is 0 Å². The van der Waals surface area contributed by atoms with Crippen LogP contribution >= 0.6 is 31.0 Å². The van der Waals surface area contributed by atoms with Crippen LogP contribution in [0.15, 0.2) is 35.1 Å². The molecule has 1 unspecified atom stereocenters. The molecule has 338 valence electrons. The third-order valence-electron chi connectivity index (χ3n) is 11.2. The van der Waals surface area contributed by atoms with E-state index in [0.717, 1.165) is 0 Å². The Labute approximate surface area is 370 Å². The lowest BCUT2D eigenvalue weighted by Gasteiger charge is -2.37. The van der Waals surface area contributed by atoms with Crippen LogP contribution < -0.4 is 30.8 Å². The van der Waals surface area contributed by atoms with E-state index in [-0.39, 0.29) is 97.1 Å². The maximum atomic E-state index is 13.6. The standard InChI is InChI=1S/C39H37Cl2N6O16P/c1-56-20-12-18-29(23(40)26(20)48)61-30-19(13-21(57-2)27(49)24(30)41)39(18)17-11-15(7-8-16(17)36(53)62-39)35(52)58-10-6-4-3-5-9-43-38-44-25-32(45-37(42)46-33(25)51)47(38)34-28(50)31-22(60-34)14-59-64(54,55)63-31/h7-8,11-13,22,28,31,34,48-50H,3-6,9-10,14H2,1-2H3,(H,43,44)(H,54,55)(H3,42,45,46,51)/t22-,28-,31-,34-/m1/s1. The summed E-state index contributed by atoms with van der Waals surface area (Å²) < 4.78 is 57.8. The minimum Gasteiger partial charge on any atom is -0.503 e. The Kier molecular flexibility index (Phi) is 11.1. The van der Waals surface area contributed by atoms with Crippen molar-refractivity contribution in [2.24, 2.45) is 0 Å². The number of phenols is 2. The van der Waals surface area contributed by atoms with Crippen molar-refractivity contribution in [2.75, 3.05) is 45.0 Å². The topological polar surface area (TPSA) is 308 Å². The lowest BCUT2D eigenvalue weighted by atomic mass is 9.77. The number of hydrogen-bond donors (Lipinski definition) is 7. The van der Waals surface area contributed by atoms with Gasteiger partial charge in [0.05, 0.1) is 49.7 Å². The van der Waals surface area contributed by atoms with Crippen molar-refractivity contribution in [3.05, 3.63) is 78.5 Å². The van der Waals surface area contributed by atoms with Gasteiger partial charge in [0, 0.05) is 12.1 Å². The molecule has 22 nitrogen and oxygen atoms in total. The van der Waals surface area contributed by atoms with Crippen molar-refractivity contribution >= 4 is 66.0 Å². The molecular weight excluding hydrogens is 910 g/mol. The number of nitrogens with two attached hydrogens (primary N) is 1. The Hall–Kier alpha value is -5.84. The molecule has 0 saturated carbocycles. The Morgan fingerprint density at radius 2 is 1.69 bits per heavy atom. The summed E-state index contributed by atoms with van der Waals surface area (Å²) >= 11 is 13.2. The number of fused-ring (bicyclic) bond motifs is 8. The summed E-state index contributed by atoms with van der Waals surface area (Å²) in [5.41, 5.74) is 3.77. The second-order valence-corrected chi connectivity index (χ2v) is 17.1. The molecule has 0 bridgehead atoms. The fourth-order valence-electron chi connectivity index (χ4n) is 8.21. The van der Waals surface area contributed by atoms with Gasteiger partial charge in [0.15, 0.2) is 57.5 Å². The minimum atomic E-state index is -4.42. The van der Waals surface area contributed by atoms with Crippen LogP contribution in [0.1, 0.15) is 69.3 Å². The number of hydrogen-bond acceptors (Lipinski definition) is 19. The number of nitrogen functional groups attached to an aromatic ring is 1. The molecule has 4 aliphatic heterocycles. The Morgan fingerprint density at radius 3 is 2.36 bits per heavy atom. The number of imidazole rings is 1. The molecule has 5 aromatic rings. The zero-order valence-electron chi connectivity index (χ0n) is 33.5. The number of carbonyl (C=O) groups excluding carboxylic acids is 2. The summed E-state index contributed by atoms with van der Waals surface area (Å²) in [4.78, 5) is 60.6. The average Bonchev–Trinajstić information content (AvgIpc) is 3.89. The first-order chi connectivity index (χ1) is 30.6. The molecule has 6 heterocycles. The highest BCUT2D eigenvalue weighted by atomic mass is 35.5. The van der Waals surface area contributed by atoms with Gasteiger partial charge < -0.3 is 59.7 Å². The number of nitrogens with zero attached hydrogens (tertiary/aromatic N) is 3. The molecule has 5 atom stereocenters. The number of methoxy groups -OCH3 is 2. The molecule has 2 fully saturated rings. The number of aromatic amines is 1. The highest BCUT2D eigenvalue weighted by molar-refractivity contribution is 7.47. The molecular formula is C39H37Cl2N6O16P. The van der Waals surface area contributed by atoms with Gasteiger partial charge in [0.2, 0.25) is 11.9 Å². The molecule has 1 spiro atoms. The molecule has 25 heteroatoms. The average molecular weight is 948 g/mol. The van der Waals surface area contributed by atoms with E-state index < -0.39 is 67.0 Å². The number of ether oxygens (including phenoxy) is 6. The van der Waals surface area contributed by atoms with Crippen molar-refractivity contribution in [2.45, 2.75) is 55.8 Å². The zero-order valence-corrected chi connectivity index (χ0v) is 35.9. The van der Waals surface area contributed by atoms with E-state index in [1.807, 2.05) is 0 Å². The summed E-state index contributed by atoms with van der Waals surface area (Å²) in [5.74, 6) is -2.96. The van der Waals surface area contributed by atoms with Crippen LogP contribution in [-0.2, 0) is 33.4 Å². The molecule has 64 heavy (non-hydrogen) atoms. The summed E-state index contributed by atoms with van der Waals surface area (Å²) in [5, 5.41) is 35.2. The minimum absolute atomic E-state index is 0.00347. The van der Waals surface area contributed by atoms with Crippen molar-refractivity contribution < 1.29 is 71.8 Å². The van der Waals surface area contributed by atoms with Crippen LogP contribution in [-0.4, -0.2) is 104 Å². The lowest BCUT2D eigenvalue weighted by Crippen LogP contribution is -2.39. The summed E-state index contributed by atoms with van der Waals surface area (Å²) in [6, 6.07) is 7.03. The maximum Gasteiger partial charge on any atom is 0.472 e. The van der Waals surface area contributed by atoms with E-state index in [1.54, 1.807) is 0 Å². The molecule has 0 amide bonds. The number of benzene rings is 3. The number of nitrogens with one attached hydrogen (secondary N) is 2. The highest BCUT2D eigenvalue weighted by Gasteiger charge is 2.57. The number of aliphatic hydroxyl groups excluding tert-OH is 1. The normalized spacial score (nSPS) is 22.6. The van der Waals surface area contributed by atoms with Crippen LogP contribution in [0.5, 0.6) is 34.5 Å². The van der Waals surface area contributed by atoms with Gasteiger partial charge in [-0.1, -0.05) is 29.6 Å². The number of phosphoric ester groups is 1. The van der Waals surface area contributed by atoms with Crippen molar-refractivity contribution in [3.8, 4) is 34.5 Å². The van der Waals surface area contributed by atoms with Gasteiger partial charge in [-0.15, -0.1) is 0 Å². The van der Waals surface area contributed by atoms with Crippen LogP contribution in [0.2, 0.25) is 10.0 Å². The molecule has 2 aromatic heterocycles. The first-order valence-electron chi connectivity index (χ1n) is 19.5. The molecule has 8 N–H and O–H groups in total. The number of aliphatic hydroxyl groups is 1. The highest BCUT2D eigenvalue weighted by Crippen LogP contribution is 2.63. The fraction of sp³-hybridized carbons (Fsp3) is 0.359. The number of phenolic OH excluding ortho intramolecular Hbond substituents is 2. The van der Waals surface area contributed by atoms with Gasteiger partial charge in [0.1, 0.15) is 28.4 Å². The number of halogens is 2. The fourth-order valence-corrected chi connectivity index (χ4v) is 9.64. The summed E-state index contributed by atoms with van der Waals surface area (Å²) in [7, 11) is -1.81.